The number of hydrogen-bond acceptors (Lipinski definition) is 7. The Labute approximate surface area is 215 Å². The van der Waals surface area contributed by atoms with Crippen LogP contribution in [-0.4, -0.2) is 61.7 Å². The Morgan fingerprint density at radius 1 is 0.972 bits per heavy atom. The first-order valence-electron chi connectivity index (χ1n) is 12.3. The summed E-state index contributed by atoms with van der Waals surface area (Å²) in [4.78, 5) is 22.3. The molecule has 0 atom stereocenters. The van der Waals surface area contributed by atoms with Crippen LogP contribution in [0.15, 0.2) is 72.8 Å². The summed E-state index contributed by atoms with van der Waals surface area (Å²) in [6.45, 7) is 7.73. The minimum Gasteiger partial charge on any atom is -0.492 e. The number of para-hydroxylation sites is 2. The molecule has 8 heteroatoms. The van der Waals surface area contributed by atoms with Crippen molar-refractivity contribution in [2.45, 2.75) is 6.92 Å². The SMILES string of the molecule is CCOc1cccc2sc(N3CCN(CCNC(=O)c4cccc(Oc5ccccc5)c4)CC3)nc12. The number of piperazine rings is 1. The molecule has 5 rings (SSSR count). The third-order valence-corrected chi connectivity index (χ3v) is 7.18. The molecule has 1 aliphatic rings. The highest BCUT2D eigenvalue weighted by atomic mass is 32.1. The third-order valence-electron chi connectivity index (χ3n) is 6.10. The number of nitrogens with one attached hydrogen (secondary N) is 1. The number of hydrogen-bond donors (Lipinski definition) is 1. The van der Waals surface area contributed by atoms with Crippen molar-refractivity contribution in [1.29, 1.82) is 0 Å². The minimum atomic E-state index is -0.0910. The summed E-state index contributed by atoms with van der Waals surface area (Å²) in [6.07, 6.45) is 0. The molecular weight excluding hydrogens is 472 g/mol. The van der Waals surface area contributed by atoms with Gasteiger partial charge in [-0.2, -0.15) is 0 Å². The van der Waals surface area contributed by atoms with E-state index in [4.69, 9.17) is 14.5 Å². The number of rotatable bonds is 9. The molecule has 0 spiro atoms. The second kappa shape index (κ2) is 11.4. The first kappa shape index (κ1) is 24.1. The molecule has 186 valence electrons. The van der Waals surface area contributed by atoms with Gasteiger partial charge in [-0.15, -0.1) is 0 Å². The molecular formula is C28H30N4O3S. The van der Waals surface area contributed by atoms with Gasteiger partial charge in [-0.05, 0) is 49.4 Å². The van der Waals surface area contributed by atoms with Crippen LogP contribution >= 0.6 is 11.3 Å². The summed E-state index contributed by atoms with van der Waals surface area (Å²) in [5.74, 6) is 2.15. The van der Waals surface area contributed by atoms with Gasteiger partial charge in [0, 0.05) is 44.8 Å². The zero-order chi connectivity index (χ0) is 24.7. The molecule has 1 aliphatic heterocycles. The van der Waals surface area contributed by atoms with Crippen molar-refractivity contribution in [3.63, 3.8) is 0 Å². The van der Waals surface area contributed by atoms with Crippen molar-refractivity contribution in [2.75, 3.05) is 50.8 Å². The van der Waals surface area contributed by atoms with Crippen LogP contribution in [0, 0.1) is 0 Å². The van der Waals surface area contributed by atoms with E-state index in [1.54, 1.807) is 23.5 Å². The van der Waals surface area contributed by atoms with Crippen LogP contribution in [0.4, 0.5) is 5.13 Å². The predicted molar refractivity (Wildman–Crippen MR) is 145 cm³/mol. The molecule has 36 heavy (non-hydrogen) atoms. The molecule has 0 unspecified atom stereocenters. The van der Waals surface area contributed by atoms with E-state index >= 15 is 0 Å². The van der Waals surface area contributed by atoms with Crippen LogP contribution in [0.1, 0.15) is 17.3 Å². The van der Waals surface area contributed by atoms with Gasteiger partial charge in [-0.3, -0.25) is 9.69 Å². The second-order valence-corrected chi connectivity index (χ2v) is 9.57. The zero-order valence-electron chi connectivity index (χ0n) is 20.4. The lowest BCUT2D eigenvalue weighted by atomic mass is 10.2. The summed E-state index contributed by atoms with van der Waals surface area (Å²) >= 11 is 1.71. The highest BCUT2D eigenvalue weighted by Gasteiger charge is 2.21. The Bertz CT molecular complexity index is 1300. The Kier molecular flexibility index (Phi) is 7.64. The van der Waals surface area contributed by atoms with E-state index in [9.17, 15) is 4.79 Å². The van der Waals surface area contributed by atoms with Gasteiger partial charge < -0.3 is 19.7 Å². The van der Waals surface area contributed by atoms with Gasteiger partial charge in [-0.25, -0.2) is 4.98 Å². The lowest BCUT2D eigenvalue weighted by molar-refractivity contribution is 0.0947. The quantitative estimate of drug-likeness (QED) is 0.346. The van der Waals surface area contributed by atoms with Gasteiger partial charge in [0.1, 0.15) is 22.8 Å². The summed E-state index contributed by atoms with van der Waals surface area (Å²) in [7, 11) is 0. The van der Waals surface area contributed by atoms with Crippen molar-refractivity contribution >= 4 is 32.6 Å². The zero-order valence-corrected chi connectivity index (χ0v) is 21.2. The Morgan fingerprint density at radius 2 is 1.75 bits per heavy atom. The molecule has 0 aliphatic carbocycles. The van der Waals surface area contributed by atoms with Crippen molar-refractivity contribution in [3.05, 3.63) is 78.4 Å². The van der Waals surface area contributed by atoms with Crippen LogP contribution in [-0.2, 0) is 0 Å². The maximum absolute atomic E-state index is 12.7. The lowest BCUT2D eigenvalue weighted by Gasteiger charge is -2.34. The Morgan fingerprint density at radius 3 is 2.56 bits per heavy atom. The molecule has 1 amide bonds. The molecule has 0 saturated carbocycles. The van der Waals surface area contributed by atoms with Crippen molar-refractivity contribution in [1.82, 2.24) is 15.2 Å². The number of ether oxygens (including phenoxy) is 2. The number of thiazole rings is 1. The number of carbonyl (C=O) groups excluding carboxylic acids is 1. The maximum Gasteiger partial charge on any atom is 0.251 e. The normalized spacial score (nSPS) is 14.1. The van der Waals surface area contributed by atoms with Crippen molar-refractivity contribution in [3.8, 4) is 17.2 Å². The summed E-state index contributed by atoms with van der Waals surface area (Å²) < 4.78 is 12.7. The summed E-state index contributed by atoms with van der Waals surface area (Å²) in [5.41, 5.74) is 1.54. The van der Waals surface area contributed by atoms with E-state index in [1.807, 2.05) is 61.5 Å². The molecule has 1 N–H and O–H groups in total. The van der Waals surface area contributed by atoms with Gasteiger partial charge in [0.25, 0.3) is 5.91 Å². The van der Waals surface area contributed by atoms with Crippen molar-refractivity contribution < 1.29 is 14.3 Å². The van der Waals surface area contributed by atoms with Crippen LogP contribution in [0.2, 0.25) is 0 Å². The molecule has 1 aromatic heterocycles. The fourth-order valence-electron chi connectivity index (χ4n) is 4.24. The highest BCUT2D eigenvalue weighted by molar-refractivity contribution is 7.22. The average molecular weight is 503 g/mol. The number of benzene rings is 3. The van der Waals surface area contributed by atoms with E-state index in [1.165, 1.54) is 0 Å². The van der Waals surface area contributed by atoms with E-state index in [2.05, 4.69) is 21.2 Å². The first-order chi connectivity index (χ1) is 17.7. The Hall–Kier alpha value is -3.62. The Balaban J connectivity index is 1.09. The summed E-state index contributed by atoms with van der Waals surface area (Å²) in [5, 5.41) is 4.09. The molecule has 3 aromatic carbocycles. The molecule has 2 heterocycles. The molecule has 7 nitrogen and oxygen atoms in total. The standard InChI is InChI=1S/C28H30N4O3S/c1-2-34-24-12-7-13-25-26(24)30-28(36-25)32-18-16-31(17-19-32)15-14-29-27(33)21-8-6-11-23(20-21)35-22-9-4-3-5-10-22/h3-13,20H,2,14-19H2,1H3,(H,29,33). The fourth-order valence-corrected chi connectivity index (χ4v) is 5.27. The van der Waals surface area contributed by atoms with Crippen LogP contribution in [0.25, 0.3) is 10.2 Å². The third kappa shape index (κ3) is 5.78. The van der Waals surface area contributed by atoms with E-state index in [0.29, 0.717) is 24.5 Å². The van der Waals surface area contributed by atoms with Gasteiger partial charge >= 0.3 is 0 Å². The number of fused-ring (bicyclic) bond motifs is 1. The number of aromatic nitrogens is 1. The minimum absolute atomic E-state index is 0.0910. The van der Waals surface area contributed by atoms with Crippen LogP contribution < -0.4 is 19.7 Å². The number of carbonyl (C=O) groups is 1. The average Bonchev–Trinajstić information content (AvgIpc) is 3.35. The van der Waals surface area contributed by atoms with Crippen LogP contribution in [0.5, 0.6) is 17.2 Å². The highest BCUT2D eigenvalue weighted by Crippen LogP contribution is 2.34. The van der Waals surface area contributed by atoms with Gasteiger partial charge in [0.15, 0.2) is 5.13 Å². The largest absolute Gasteiger partial charge is 0.492 e. The number of nitrogens with zero attached hydrogens (tertiary/aromatic N) is 3. The molecule has 0 bridgehead atoms. The van der Waals surface area contributed by atoms with E-state index < -0.39 is 0 Å². The molecule has 4 aromatic rings. The predicted octanol–water partition coefficient (Wildman–Crippen LogP) is 5.04. The molecule has 1 fully saturated rings. The van der Waals surface area contributed by atoms with E-state index in [0.717, 1.165) is 59.6 Å². The fraction of sp³-hybridized carbons (Fsp3) is 0.286. The molecule has 0 radical (unpaired) electrons. The van der Waals surface area contributed by atoms with E-state index in [-0.39, 0.29) is 5.91 Å². The number of anilines is 1. The monoisotopic (exact) mass is 502 g/mol. The second-order valence-electron chi connectivity index (χ2n) is 8.56. The van der Waals surface area contributed by atoms with Gasteiger partial charge in [0.2, 0.25) is 0 Å². The maximum atomic E-state index is 12.7. The topological polar surface area (TPSA) is 66.9 Å². The van der Waals surface area contributed by atoms with Gasteiger partial charge in [0.05, 0.1) is 11.3 Å². The smallest absolute Gasteiger partial charge is 0.251 e. The van der Waals surface area contributed by atoms with Gasteiger partial charge in [-0.1, -0.05) is 41.7 Å². The van der Waals surface area contributed by atoms with Crippen LogP contribution in [0.3, 0.4) is 0 Å². The molecule has 1 saturated heterocycles. The number of amides is 1. The first-order valence-corrected chi connectivity index (χ1v) is 13.1. The lowest BCUT2D eigenvalue weighted by Crippen LogP contribution is -2.48. The summed E-state index contributed by atoms with van der Waals surface area (Å²) in [6, 6.07) is 22.9. The van der Waals surface area contributed by atoms with Crippen molar-refractivity contribution in [2.24, 2.45) is 0 Å².